The molecule has 0 amide bonds. The zero-order valence-corrected chi connectivity index (χ0v) is 11.4. The minimum atomic E-state index is -0.955. The Labute approximate surface area is 111 Å². The molecular weight excluding hydrogens is 254 g/mol. The van der Waals surface area contributed by atoms with Gasteiger partial charge in [0.05, 0.1) is 18.7 Å². The van der Waals surface area contributed by atoms with E-state index in [1.165, 1.54) is 14.0 Å². The summed E-state index contributed by atoms with van der Waals surface area (Å²) in [7, 11) is 1.50. The molecule has 0 aliphatic rings. The van der Waals surface area contributed by atoms with Crippen LogP contribution in [0.25, 0.3) is 0 Å². The lowest BCUT2D eigenvalue weighted by atomic mass is 9.98. The minimum absolute atomic E-state index is 0.211. The molecule has 1 rings (SSSR count). The molecule has 0 saturated carbocycles. The Hall–Kier alpha value is -1.12. The average molecular weight is 272 g/mol. The Bertz CT molecular complexity index is 360. The highest BCUT2D eigenvalue weighted by Gasteiger charge is 2.10. The Morgan fingerprint density at radius 3 is 2.28 bits per heavy atom. The van der Waals surface area contributed by atoms with Gasteiger partial charge in [0.25, 0.3) is 0 Å². The van der Waals surface area contributed by atoms with Gasteiger partial charge in [-0.25, -0.2) is 4.39 Å². The van der Waals surface area contributed by atoms with Crippen LogP contribution in [0.3, 0.4) is 0 Å². The molecule has 0 fully saturated rings. The van der Waals surface area contributed by atoms with Gasteiger partial charge in [-0.05, 0) is 38.1 Å². The maximum absolute atomic E-state index is 12.7. The predicted molar refractivity (Wildman–Crippen MR) is 71.9 cm³/mol. The van der Waals surface area contributed by atoms with E-state index >= 15 is 0 Å². The summed E-state index contributed by atoms with van der Waals surface area (Å²) in [6.45, 7) is 0.968. The van der Waals surface area contributed by atoms with Crippen molar-refractivity contribution < 1.29 is 8.78 Å². The Morgan fingerprint density at radius 2 is 1.89 bits per heavy atom. The SMILES string of the molecule is CC(F)Sc1ccc(C(C#N)CCF)cc1.CN. The molecule has 0 aliphatic carbocycles. The van der Waals surface area contributed by atoms with E-state index < -0.39 is 18.1 Å². The Kier molecular flexibility index (Phi) is 9.25. The highest BCUT2D eigenvalue weighted by Crippen LogP contribution is 2.26. The van der Waals surface area contributed by atoms with Gasteiger partial charge in [-0.3, -0.25) is 4.39 Å². The van der Waals surface area contributed by atoms with Crippen LogP contribution < -0.4 is 5.73 Å². The largest absolute Gasteiger partial charge is 0.333 e. The van der Waals surface area contributed by atoms with Crippen LogP contribution in [-0.4, -0.2) is 19.2 Å². The van der Waals surface area contributed by atoms with Crippen LogP contribution in [-0.2, 0) is 0 Å². The number of thioether (sulfide) groups is 1. The van der Waals surface area contributed by atoms with Gasteiger partial charge in [-0.15, -0.1) is 0 Å². The average Bonchev–Trinajstić information content (AvgIpc) is 2.39. The normalized spacial score (nSPS) is 12.9. The third-order valence-electron chi connectivity index (χ3n) is 2.13. The summed E-state index contributed by atoms with van der Waals surface area (Å²) < 4.78 is 24.9. The summed E-state index contributed by atoms with van der Waals surface area (Å²) in [5, 5.41) is 8.84. The zero-order valence-electron chi connectivity index (χ0n) is 10.6. The van der Waals surface area contributed by atoms with Crippen molar-refractivity contribution in [2.75, 3.05) is 13.7 Å². The van der Waals surface area contributed by atoms with Crippen molar-refractivity contribution >= 4 is 11.8 Å². The molecule has 0 radical (unpaired) electrons. The van der Waals surface area contributed by atoms with E-state index in [1.807, 2.05) is 0 Å². The van der Waals surface area contributed by atoms with Crippen LogP contribution in [0.5, 0.6) is 0 Å². The Balaban J connectivity index is 0.00000137. The molecule has 2 N–H and O–H groups in total. The monoisotopic (exact) mass is 272 g/mol. The van der Waals surface area contributed by atoms with E-state index in [0.717, 1.165) is 22.2 Å². The number of nitrogens with two attached hydrogens (primary N) is 1. The van der Waals surface area contributed by atoms with Gasteiger partial charge >= 0.3 is 0 Å². The van der Waals surface area contributed by atoms with Crippen molar-refractivity contribution in [2.45, 2.75) is 29.7 Å². The maximum atomic E-state index is 12.7. The summed E-state index contributed by atoms with van der Waals surface area (Å²) in [6.07, 6.45) is 0.211. The quantitative estimate of drug-likeness (QED) is 0.833. The maximum Gasteiger partial charge on any atom is 0.147 e. The number of hydrogen-bond donors (Lipinski definition) is 1. The fraction of sp³-hybridized carbons (Fsp3) is 0.462. The number of hydrogen-bond acceptors (Lipinski definition) is 3. The second-order valence-corrected chi connectivity index (χ2v) is 4.75. The molecule has 0 bridgehead atoms. The Morgan fingerprint density at radius 1 is 1.33 bits per heavy atom. The smallest absolute Gasteiger partial charge is 0.147 e. The first-order valence-electron chi connectivity index (χ1n) is 5.61. The van der Waals surface area contributed by atoms with Crippen molar-refractivity contribution in [3.8, 4) is 6.07 Å². The highest BCUT2D eigenvalue weighted by atomic mass is 32.2. The molecular formula is C13H18F2N2S. The standard InChI is InChI=1S/C12H13F2NS.CH5N/c1-9(14)16-12-4-2-10(3-5-12)11(8-15)6-7-13;1-2/h2-5,9,11H,6-7H2,1H3;2H2,1H3. The van der Waals surface area contributed by atoms with Crippen LogP contribution in [0.15, 0.2) is 29.2 Å². The van der Waals surface area contributed by atoms with Crippen LogP contribution in [0.4, 0.5) is 8.78 Å². The van der Waals surface area contributed by atoms with Gasteiger partial charge in [0.2, 0.25) is 0 Å². The summed E-state index contributed by atoms with van der Waals surface area (Å²) in [4.78, 5) is 0.815. The number of benzene rings is 1. The number of alkyl halides is 2. The molecule has 0 heterocycles. The van der Waals surface area contributed by atoms with Crippen molar-refractivity contribution in [3.05, 3.63) is 29.8 Å². The third-order valence-corrected chi connectivity index (χ3v) is 3.00. The van der Waals surface area contributed by atoms with E-state index in [4.69, 9.17) is 5.26 Å². The van der Waals surface area contributed by atoms with Crippen molar-refractivity contribution in [1.82, 2.24) is 0 Å². The van der Waals surface area contributed by atoms with Crippen molar-refractivity contribution in [2.24, 2.45) is 5.73 Å². The zero-order chi connectivity index (χ0) is 14.0. The van der Waals surface area contributed by atoms with Crippen LogP contribution in [0.1, 0.15) is 24.8 Å². The lowest BCUT2D eigenvalue weighted by Crippen LogP contribution is -1.96. The molecule has 0 aliphatic heterocycles. The van der Waals surface area contributed by atoms with E-state index in [9.17, 15) is 8.78 Å². The summed E-state index contributed by atoms with van der Waals surface area (Å²) in [6, 6.07) is 9.10. The fourth-order valence-corrected chi connectivity index (χ4v) is 2.05. The van der Waals surface area contributed by atoms with E-state index in [0.29, 0.717) is 0 Å². The summed E-state index contributed by atoms with van der Waals surface area (Å²) >= 11 is 1.12. The van der Waals surface area contributed by atoms with E-state index in [-0.39, 0.29) is 6.42 Å². The second kappa shape index (κ2) is 9.86. The topological polar surface area (TPSA) is 49.8 Å². The van der Waals surface area contributed by atoms with E-state index in [1.54, 1.807) is 24.3 Å². The van der Waals surface area contributed by atoms with Gasteiger partial charge in [0.1, 0.15) is 5.50 Å². The van der Waals surface area contributed by atoms with Crippen molar-refractivity contribution in [3.63, 3.8) is 0 Å². The lowest BCUT2D eigenvalue weighted by Gasteiger charge is -2.08. The van der Waals surface area contributed by atoms with Gasteiger partial charge in [0, 0.05) is 4.90 Å². The molecule has 2 unspecified atom stereocenters. The number of rotatable bonds is 5. The molecule has 100 valence electrons. The van der Waals surface area contributed by atoms with Gasteiger partial charge in [-0.1, -0.05) is 23.9 Å². The molecule has 0 aromatic heterocycles. The molecule has 18 heavy (non-hydrogen) atoms. The van der Waals surface area contributed by atoms with Crippen molar-refractivity contribution in [1.29, 1.82) is 5.26 Å². The summed E-state index contributed by atoms with van der Waals surface area (Å²) in [5.74, 6) is -0.410. The molecule has 0 saturated heterocycles. The molecule has 2 atom stereocenters. The first-order valence-corrected chi connectivity index (χ1v) is 6.49. The number of halogens is 2. The summed E-state index contributed by atoms with van der Waals surface area (Å²) in [5.41, 5.74) is 4.33. The minimum Gasteiger partial charge on any atom is -0.333 e. The number of nitrogens with zero attached hydrogens (tertiary/aromatic N) is 1. The molecule has 5 heteroatoms. The molecule has 1 aromatic carbocycles. The first kappa shape index (κ1) is 16.9. The molecule has 2 nitrogen and oxygen atoms in total. The first-order chi connectivity index (χ1) is 8.67. The van der Waals surface area contributed by atoms with Gasteiger partial charge in [0.15, 0.2) is 0 Å². The predicted octanol–water partition coefficient (Wildman–Crippen LogP) is 3.64. The molecule has 0 spiro atoms. The van der Waals surface area contributed by atoms with Gasteiger partial charge in [-0.2, -0.15) is 5.26 Å². The van der Waals surface area contributed by atoms with Gasteiger partial charge < -0.3 is 5.73 Å². The third kappa shape index (κ3) is 5.99. The van der Waals surface area contributed by atoms with Crippen LogP contribution >= 0.6 is 11.8 Å². The lowest BCUT2D eigenvalue weighted by molar-refractivity contribution is 0.461. The number of nitriles is 1. The van der Waals surface area contributed by atoms with Crippen LogP contribution in [0, 0.1) is 11.3 Å². The fourth-order valence-electron chi connectivity index (χ4n) is 1.38. The van der Waals surface area contributed by atoms with Crippen LogP contribution in [0.2, 0.25) is 0 Å². The molecule has 1 aromatic rings. The second-order valence-electron chi connectivity index (χ2n) is 3.39. The highest BCUT2D eigenvalue weighted by molar-refractivity contribution is 7.99. The van der Waals surface area contributed by atoms with E-state index in [2.05, 4.69) is 11.8 Å².